The number of para-hydroxylation sites is 1. The first-order chi connectivity index (χ1) is 14.8. The number of piperidine rings is 1. The second-order valence-electron chi connectivity index (χ2n) is 7.91. The molecule has 5 rings (SSSR count). The summed E-state index contributed by atoms with van der Waals surface area (Å²) in [6.07, 6.45) is 5.91. The van der Waals surface area contributed by atoms with Crippen molar-refractivity contribution in [2.24, 2.45) is 0 Å². The van der Waals surface area contributed by atoms with Crippen LogP contribution in [-0.2, 0) is 4.74 Å². The van der Waals surface area contributed by atoms with Crippen molar-refractivity contribution in [1.29, 1.82) is 0 Å². The lowest BCUT2D eigenvalue weighted by Crippen LogP contribution is -2.35. The number of likely N-dealkylation sites (tertiary alicyclic amines) is 1. The summed E-state index contributed by atoms with van der Waals surface area (Å²) in [5.41, 5.74) is 4.45. The van der Waals surface area contributed by atoms with Gasteiger partial charge in [0.1, 0.15) is 11.1 Å². The number of hydrogen-bond donors (Lipinski definition) is 0. The highest BCUT2D eigenvalue weighted by Crippen LogP contribution is 2.36. The molecular weight excluding hydrogens is 390 g/mol. The fourth-order valence-corrected chi connectivity index (χ4v) is 5.04. The third-order valence-electron chi connectivity index (χ3n) is 5.71. The first kappa shape index (κ1) is 19.4. The highest BCUT2D eigenvalue weighted by molar-refractivity contribution is 7.18. The van der Waals surface area contributed by atoms with Crippen LogP contribution in [0.2, 0.25) is 0 Å². The zero-order chi connectivity index (χ0) is 20.3. The SMILES string of the molecule is CN1CCC(OC(c2cccc(-c3cccnc3)c2)c2nc3ccccc3s2)CC1. The van der Waals surface area contributed by atoms with Gasteiger partial charge in [-0.2, -0.15) is 0 Å². The average Bonchev–Trinajstić information content (AvgIpc) is 3.23. The molecule has 0 aliphatic carbocycles. The molecule has 0 radical (unpaired) electrons. The summed E-state index contributed by atoms with van der Waals surface area (Å²) < 4.78 is 7.94. The van der Waals surface area contributed by atoms with Gasteiger partial charge in [-0.1, -0.05) is 36.4 Å². The third-order valence-corrected chi connectivity index (χ3v) is 6.79. The molecule has 0 bridgehead atoms. The standard InChI is InChI=1S/C25H25N3OS/c1-28-14-11-21(12-15-28)29-24(25-27-22-9-2-3-10-23(22)30-25)19-7-4-6-18(16-19)20-8-5-13-26-17-20/h2-10,13,16-17,21,24H,11-12,14-15H2,1H3. The summed E-state index contributed by atoms with van der Waals surface area (Å²) in [5.74, 6) is 0. The maximum absolute atomic E-state index is 6.74. The van der Waals surface area contributed by atoms with E-state index < -0.39 is 0 Å². The Kier molecular flexibility index (Phi) is 5.58. The van der Waals surface area contributed by atoms with Crippen LogP contribution in [-0.4, -0.2) is 41.1 Å². The highest BCUT2D eigenvalue weighted by Gasteiger charge is 2.26. The molecule has 1 aliphatic rings. The van der Waals surface area contributed by atoms with Crippen LogP contribution in [0.4, 0.5) is 0 Å². The highest BCUT2D eigenvalue weighted by atomic mass is 32.1. The molecule has 152 valence electrons. The summed E-state index contributed by atoms with van der Waals surface area (Å²) in [5, 5.41) is 1.03. The zero-order valence-electron chi connectivity index (χ0n) is 17.1. The number of pyridine rings is 1. The number of benzene rings is 2. The Bertz CT molecular complexity index is 1090. The molecule has 3 heterocycles. The molecule has 5 heteroatoms. The Hall–Kier alpha value is -2.60. The smallest absolute Gasteiger partial charge is 0.134 e. The molecule has 1 atom stereocenters. The van der Waals surface area contributed by atoms with Gasteiger partial charge in [0.15, 0.2) is 0 Å². The Balaban J connectivity index is 1.52. The van der Waals surface area contributed by atoms with Crippen molar-refractivity contribution in [1.82, 2.24) is 14.9 Å². The number of thiazole rings is 1. The van der Waals surface area contributed by atoms with Gasteiger partial charge < -0.3 is 9.64 Å². The molecule has 0 N–H and O–H groups in total. The summed E-state index contributed by atoms with van der Waals surface area (Å²) in [6.45, 7) is 2.15. The number of fused-ring (bicyclic) bond motifs is 1. The quantitative estimate of drug-likeness (QED) is 0.428. The largest absolute Gasteiger partial charge is 0.363 e. The van der Waals surface area contributed by atoms with Gasteiger partial charge in [0.25, 0.3) is 0 Å². The van der Waals surface area contributed by atoms with Crippen molar-refractivity contribution in [3.8, 4) is 11.1 Å². The van der Waals surface area contributed by atoms with Crippen LogP contribution in [0.3, 0.4) is 0 Å². The molecule has 4 nitrogen and oxygen atoms in total. The van der Waals surface area contributed by atoms with Gasteiger partial charge in [0.05, 0.1) is 16.3 Å². The molecule has 4 aromatic rings. The van der Waals surface area contributed by atoms with Crippen molar-refractivity contribution >= 4 is 21.6 Å². The van der Waals surface area contributed by atoms with Crippen LogP contribution in [0.1, 0.15) is 29.5 Å². The van der Waals surface area contributed by atoms with Crippen LogP contribution in [0.5, 0.6) is 0 Å². The molecule has 1 fully saturated rings. The first-order valence-corrected chi connectivity index (χ1v) is 11.3. The van der Waals surface area contributed by atoms with Gasteiger partial charge in [-0.05, 0) is 60.8 Å². The van der Waals surface area contributed by atoms with Crippen LogP contribution >= 0.6 is 11.3 Å². The van der Waals surface area contributed by atoms with Crippen LogP contribution < -0.4 is 0 Å². The monoisotopic (exact) mass is 415 g/mol. The van der Waals surface area contributed by atoms with E-state index in [4.69, 9.17) is 9.72 Å². The van der Waals surface area contributed by atoms with Crippen LogP contribution in [0.25, 0.3) is 21.3 Å². The zero-order valence-corrected chi connectivity index (χ0v) is 17.9. The average molecular weight is 416 g/mol. The second-order valence-corrected chi connectivity index (χ2v) is 8.97. The minimum Gasteiger partial charge on any atom is -0.363 e. The van der Waals surface area contributed by atoms with Crippen molar-refractivity contribution in [2.75, 3.05) is 20.1 Å². The fraction of sp³-hybridized carbons (Fsp3) is 0.280. The van der Waals surface area contributed by atoms with Gasteiger partial charge in [-0.25, -0.2) is 4.98 Å². The predicted molar refractivity (Wildman–Crippen MR) is 123 cm³/mol. The maximum Gasteiger partial charge on any atom is 0.134 e. The number of hydrogen-bond acceptors (Lipinski definition) is 5. The van der Waals surface area contributed by atoms with E-state index in [2.05, 4.69) is 65.5 Å². The number of nitrogens with zero attached hydrogens (tertiary/aromatic N) is 3. The molecule has 0 amide bonds. The first-order valence-electron chi connectivity index (χ1n) is 10.5. The molecule has 2 aromatic carbocycles. The number of aromatic nitrogens is 2. The topological polar surface area (TPSA) is 38.2 Å². The lowest BCUT2D eigenvalue weighted by molar-refractivity contribution is -0.0234. The molecule has 1 saturated heterocycles. The van der Waals surface area contributed by atoms with Crippen molar-refractivity contribution in [3.63, 3.8) is 0 Å². The summed E-state index contributed by atoms with van der Waals surface area (Å²) in [6, 6.07) is 21.0. The molecular formula is C25H25N3OS. The molecule has 30 heavy (non-hydrogen) atoms. The van der Waals surface area contributed by atoms with Crippen LogP contribution in [0, 0.1) is 0 Å². The van der Waals surface area contributed by atoms with E-state index in [1.165, 1.54) is 4.70 Å². The summed E-state index contributed by atoms with van der Waals surface area (Å²) in [7, 11) is 2.18. The minimum absolute atomic E-state index is 0.160. The van der Waals surface area contributed by atoms with E-state index in [1.807, 2.05) is 18.3 Å². The van der Waals surface area contributed by atoms with Gasteiger partial charge >= 0.3 is 0 Å². The summed E-state index contributed by atoms with van der Waals surface area (Å²) >= 11 is 1.73. The molecule has 1 aliphatic heterocycles. The van der Waals surface area contributed by atoms with E-state index in [9.17, 15) is 0 Å². The Morgan fingerprint density at radius 3 is 2.63 bits per heavy atom. The van der Waals surface area contributed by atoms with Gasteiger partial charge in [-0.15, -0.1) is 11.3 Å². The normalized spacial score (nSPS) is 16.7. The molecule has 2 aromatic heterocycles. The third kappa shape index (κ3) is 4.15. The number of rotatable bonds is 5. The van der Waals surface area contributed by atoms with Gasteiger partial charge in [-0.3, -0.25) is 4.98 Å². The van der Waals surface area contributed by atoms with E-state index in [0.717, 1.165) is 53.1 Å². The minimum atomic E-state index is -0.160. The second kappa shape index (κ2) is 8.64. The lowest BCUT2D eigenvalue weighted by Gasteiger charge is -2.31. The predicted octanol–water partition coefficient (Wildman–Crippen LogP) is 5.56. The lowest BCUT2D eigenvalue weighted by atomic mass is 10.0. The molecule has 0 saturated carbocycles. The van der Waals surface area contributed by atoms with Crippen LogP contribution in [0.15, 0.2) is 73.1 Å². The van der Waals surface area contributed by atoms with Gasteiger partial charge in [0.2, 0.25) is 0 Å². The van der Waals surface area contributed by atoms with Crippen molar-refractivity contribution < 1.29 is 4.74 Å². The summed E-state index contributed by atoms with van der Waals surface area (Å²) in [4.78, 5) is 11.6. The van der Waals surface area contributed by atoms with Crippen molar-refractivity contribution in [3.05, 3.63) is 83.6 Å². The Morgan fingerprint density at radius 1 is 1.00 bits per heavy atom. The Labute approximate surface area is 181 Å². The van der Waals surface area contributed by atoms with E-state index in [-0.39, 0.29) is 12.2 Å². The van der Waals surface area contributed by atoms with Crippen molar-refractivity contribution in [2.45, 2.75) is 25.0 Å². The Morgan fingerprint density at radius 2 is 1.83 bits per heavy atom. The molecule has 0 spiro atoms. The number of ether oxygens (including phenoxy) is 1. The van der Waals surface area contributed by atoms with E-state index in [1.54, 1.807) is 17.5 Å². The maximum atomic E-state index is 6.74. The van der Waals surface area contributed by atoms with E-state index >= 15 is 0 Å². The molecule has 1 unspecified atom stereocenters. The van der Waals surface area contributed by atoms with Gasteiger partial charge in [0, 0.05) is 25.5 Å². The van der Waals surface area contributed by atoms with E-state index in [0.29, 0.717) is 0 Å². The fourth-order valence-electron chi connectivity index (χ4n) is 4.01.